The molecule has 0 saturated carbocycles. The molecule has 2 rings (SSSR count). The van der Waals surface area contributed by atoms with Crippen LogP contribution in [0.5, 0.6) is 0 Å². The molecule has 2 aliphatic rings. The first-order valence-corrected chi connectivity index (χ1v) is 5.04. The molecule has 1 aliphatic carbocycles. The van der Waals surface area contributed by atoms with Gasteiger partial charge in [-0.25, -0.2) is 0 Å². The fourth-order valence-electron chi connectivity index (χ4n) is 1.64. The average molecular weight is 188 g/mol. The van der Waals surface area contributed by atoms with Crippen LogP contribution in [0.25, 0.3) is 0 Å². The van der Waals surface area contributed by atoms with Crippen LogP contribution in [0, 0.1) is 5.41 Å². The zero-order valence-corrected chi connectivity index (χ0v) is 8.67. The molecule has 0 radical (unpaired) electrons. The quantitative estimate of drug-likeness (QED) is 0.660. The maximum Gasteiger partial charge on any atom is 0.0616 e. The summed E-state index contributed by atoms with van der Waals surface area (Å²) < 4.78 is 0. The maximum atomic E-state index is 3.26. The Morgan fingerprint density at radius 2 is 1.93 bits per heavy atom. The molecular weight excluding hydrogens is 172 g/mol. The van der Waals surface area contributed by atoms with Crippen molar-refractivity contribution in [2.75, 3.05) is 0 Å². The summed E-state index contributed by atoms with van der Waals surface area (Å²) in [6.45, 7) is 4.45. The van der Waals surface area contributed by atoms with Crippen molar-refractivity contribution in [1.29, 1.82) is 0 Å². The lowest BCUT2D eigenvalue weighted by Crippen LogP contribution is -2.23. The van der Waals surface area contributed by atoms with Gasteiger partial charge in [-0.05, 0) is 18.6 Å². The Hall–Kier alpha value is -1.44. The van der Waals surface area contributed by atoms with Gasteiger partial charge in [-0.15, -0.1) is 0 Å². The topological polar surface area (TPSA) is 24.1 Å². The van der Waals surface area contributed by atoms with Crippen LogP contribution in [0.3, 0.4) is 0 Å². The van der Waals surface area contributed by atoms with Crippen LogP contribution in [0.4, 0.5) is 0 Å². The van der Waals surface area contributed by atoms with Gasteiger partial charge in [0.05, 0.1) is 11.4 Å². The summed E-state index contributed by atoms with van der Waals surface area (Å²) >= 11 is 0. The third kappa shape index (κ3) is 1.60. The molecule has 1 atom stereocenters. The van der Waals surface area contributed by atoms with Crippen molar-refractivity contribution in [3.63, 3.8) is 0 Å². The van der Waals surface area contributed by atoms with Crippen molar-refractivity contribution < 1.29 is 0 Å². The zero-order valence-electron chi connectivity index (χ0n) is 8.67. The second-order valence-electron chi connectivity index (χ2n) is 3.98. The Labute approximate surface area is 85.1 Å². The molecule has 2 heteroatoms. The number of hydrogen-bond acceptors (Lipinski definition) is 2. The highest BCUT2D eigenvalue weighted by molar-refractivity contribution is 5.40. The first-order chi connectivity index (χ1) is 6.73. The number of rotatable bonds is 1. The summed E-state index contributed by atoms with van der Waals surface area (Å²) in [5.74, 6) is 0. The Balaban J connectivity index is 2.38. The molecule has 74 valence electrons. The first-order valence-electron chi connectivity index (χ1n) is 5.04. The van der Waals surface area contributed by atoms with Gasteiger partial charge in [-0.1, -0.05) is 26.0 Å². The normalized spacial score (nSPS) is 29.3. The Morgan fingerprint density at radius 1 is 1.21 bits per heavy atom. The largest absolute Gasteiger partial charge is 0.359 e. The molecule has 1 aliphatic heterocycles. The van der Waals surface area contributed by atoms with E-state index in [1.165, 1.54) is 5.70 Å². The lowest BCUT2D eigenvalue weighted by Gasteiger charge is -2.22. The number of allylic oxidation sites excluding steroid dienone is 4. The van der Waals surface area contributed by atoms with E-state index in [9.17, 15) is 0 Å². The van der Waals surface area contributed by atoms with Crippen molar-refractivity contribution in [2.24, 2.45) is 5.41 Å². The second-order valence-corrected chi connectivity index (χ2v) is 3.98. The molecule has 0 fully saturated rings. The second kappa shape index (κ2) is 3.37. The van der Waals surface area contributed by atoms with Gasteiger partial charge in [0.1, 0.15) is 0 Å². The molecule has 2 nitrogen and oxygen atoms in total. The van der Waals surface area contributed by atoms with Crippen molar-refractivity contribution >= 4 is 0 Å². The third-order valence-corrected chi connectivity index (χ3v) is 2.83. The summed E-state index contributed by atoms with van der Waals surface area (Å²) in [4.78, 5) is 0. The predicted molar refractivity (Wildman–Crippen MR) is 59.1 cm³/mol. The fourth-order valence-corrected chi connectivity index (χ4v) is 1.64. The van der Waals surface area contributed by atoms with Crippen LogP contribution >= 0.6 is 0 Å². The van der Waals surface area contributed by atoms with E-state index in [0.29, 0.717) is 0 Å². The Bertz CT molecular complexity index is 347. The van der Waals surface area contributed by atoms with Gasteiger partial charge < -0.3 is 10.6 Å². The van der Waals surface area contributed by atoms with Gasteiger partial charge in [-0.2, -0.15) is 0 Å². The molecule has 0 aromatic rings. The van der Waals surface area contributed by atoms with Crippen molar-refractivity contribution in [3.05, 3.63) is 48.1 Å². The summed E-state index contributed by atoms with van der Waals surface area (Å²) in [5.41, 5.74) is 2.47. The Kier molecular flexibility index (Phi) is 2.20. The van der Waals surface area contributed by atoms with E-state index >= 15 is 0 Å². The molecule has 1 heterocycles. The highest BCUT2D eigenvalue weighted by atomic mass is 15.0. The highest BCUT2D eigenvalue weighted by Crippen LogP contribution is 2.29. The zero-order chi connectivity index (χ0) is 10.0. The minimum Gasteiger partial charge on any atom is -0.359 e. The van der Waals surface area contributed by atoms with Gasteiger partial charge in [0.15, 0.2) is 0 Å². The van der Waals surface area contributed by atoms with Crippen LogP contribution in [-0.2, 0) is 0 Å². The summed E-state index contributed by atoms with van der Waals surface area (Å²) in [5, 5.41) is 6.48. The number of fused-ring (bicyclic) bond motifs is 1. The van der Waals surface area contributed by atoms with Crippen LogP contribution in [0.15, 0.2) is 48.1 Å². The first kappa shape index (κ1) is 9.13. The van der Waals surface area contributed by atoms with E-state index in [-0.39, 0.29) is 5.41 Å². The number of hydrogen-bond donors (Lipinski definition) is 2. The molecule has 0 spiro atoms. The molecule has 14 heavy (non-hydrogen) atoms. The Morgan fingerprint density at radius 3 is 2.64 bits per heavy atom. The molecule has 1 unspecified atom stereocenters. The highest BCUT2D eigenvalue weighted by Gasteiger charge is 2.20. The van der Waals surface area contributed by atoms with Crippen LogP contribution < -0.4 is 10.6 Å². The molecule has 0 aromatic carbocycles. The molecule has 0 saturated heterocycles. The minimum atomic E-state index is 0.160. The van der Waals surface area contributed by atoms with E-state index in [1.54, 1.807) is 0 Å². The SMILES string of the molecule is CCC1(C)C=CC=C2NC=CNC2=C1. The lowest BCUT2D eigenvalue weighted by molar-refractivity contribution is 0.525. The van der Waals surface area contributed by atoms with E-state index in [0.717, 1.165) is 12.1 Å². The maximum absolute atomic E-state index is 3.26. The monoisotopic (exact) mass is 188 g/mol. The van der Waals surface area contributed by atoms with Crippen molar-refractivity contribution in [3.8, 4) is 0 Å². The minimum absolute atomic E-state index is 0.160. The molecular formula is C12H16N2. The smallest absolute Gasteiger partial charge is 0.0616 e. The van der Waals surface area contributed by atoms with Gasteiger partial charge in [0.25, 0.3) is 0 Å². The standard InChI is InChI=1S/C12H16N2/c1-3-12(2)6-4-5-10-11(9-12)14-8-7-13-10/h4-9,13-14H,3H2,1-2H3. The van der Waals surface area contributed by atoms with Crippen LogP contribution in [0.2, 0.25) is 0 Å². The van der Waals surface area contributed by atoms with Gasteiger partial charge >= 0.3 is 0 Å². The molecule has 0 aromatic heterocycles. The van der Waals surface area contributed by atoms with E-state index < -0.39 is 0 Å². The molecule has 0 bridgehead atoms. The summed E-state index contributed by atoms with van der Waals surface area (Å²) in [6.07, 6.45) is 13.7. The predicted octanol–water partition coefficient (Wildman–Crippen LogP) is 2.40. The summed E-state index contributed by atoms with van der Waals surface area (Å²) in [7, 11) is 0. The van der Waals surface area contributed by atoms with Crippen LogP contribution in [0.1, 0.15) is 20.3 Å². The lowest BCUT2D eigenvalue weighted by atomic mass is 9.86. The van der Waals surface area contributed by atoms with Crippen molar-refractivity contribution in [1.82, 2.24) is 10.6 Å². The summed E-state index contributed by atoms with van der Waals surface area (Å²) in [6, 6.07) is 0. The van der Waals surface area contributed by atoms with E-state index in [2.05, 4.69) is 48.8 Å². The van der Waals surface area contributed by atoms with E-state index in [4.69, 9.17) is 0 Å². The van der Waals surface area contributed by atoms with Crippen LogP contribution in [-0.4, -0.2) is 0 Å². The fraction of sp³-hybridized carbons (Fsp3) is 0.333. The van der Waals surface area contributed by atoms with Gasteiger partial charge in [0, 0.05) is 17.8 Å². The van der Waals surface area contributed by atoms with E-state index in [1.807, 2.05) is 12.4 Å². The average Bonchev–Trinajstić information content (AvgIpc) is 2.37. The molecule has 2 N–H and O–H groups in total. The van der Waals surface area contributed by atoms with Gasteiger partial charge in [-0.3, -0.25) is 0 Å². The van der Waals surface area contributed by atoms with Crippen molar-refractivity contribution in [2.45, 2.75) is 20.3 Å². The molecule has 0 amide bonds. The van der Waals surface area contributed by atoms with Gasteiger partial charge in [0.2, 0.25) is 0 Å². The third-order valence-electron chi connectivity index (χ3n) is 2.83. The number of nitrogens with one attached hydrogen (secondary N) is 2.